The topological polar surface area (TPSA) is 86.5 Å². The number of carbonyl (C=O) groups is 2. The first-order valence-electron chi connectivity index (χ1n) is 9.85. The number of ether oxygens (including phenoxy) is 1. The molecule has 29 heavy (non-hydrogen) atoms. The third-order valence-electron chi connectivity index (χ3n) is 8.23. The molecule has 1 heterocycles. The molecule has 0 aromatic heterocycles. The van der Waals surface area contributed by atoms with Crippen LogP contribution in [0.25, 0.3) is 0 Å². The average molecular weight is 385 g/mol. The van der Waals surface area contributed by atoms with Gasteiger partial charge in [-0.3, -0.25) is 19.7 Å². The predicted molar refractivity (Wildman–Crippen MR) is 99.9 cm³/mol. The summed E-state index contributed by atoms with van der Waals surface area (Å²) in [4.78, 5) is 37.9. The highest BCUT2D eigenvalue weighted by atomic mass is 16.6. The van der Waals surface area contributed by atoms with E-state index in [9.17, 15) is 19.7 Å². The molecule has 6 atom stereocenters. The summed E-state index contributed by atoms with van der Waals surface area (Å²) in [6.45, 7) is 0. The third-order valence-corrected chi connectivity index (χ3v) is 8.23. The number of nitro groups is 1. The van der Waals surface area contributed by atoms with Crippen LogP contribution >= 0.6 is 0 Å². The first-order valence-corrected chi connectivity index (χ1v) is 9.85. The molecule has 1 saturated carbocycles. The molecule has 0 N–H and O–H groups in total. The zero-order valence-corrected chi connectivity index (χ0v) is 15.2. The number of benzene rings is 2. The summed E-state index contributed by atoms with van der Waals surface area (Å²) in [5, 5.41) is 11.5. The van der Waals surface area contributed by atoms with Gasteiger partial charge in [0.25, 0.3) is 5.69 Å². The summed E-state index contributed by atoms with van der Waals surface area (Å²) in [5.74, 6) is -1.79. The molecule has 0 spiro atoms. The van der Waals surface area contributed by atoms with E-state index < -0.39 is 33.6 Å². The van der Waals surface area contributed by atoms with Crippen LogP contribution in [-0.4, -0.2) is 16.9 Å². The molecule has 0 unspecified atom stereocenters. The van der Waals surface area contributed by atoms with Crippen LogP contribution in [-0.2, 0) is 14.3 Å². The van der Waals surface area contributed by atoms with Gasteiger partial charge >= 0.3 is 11.9 Å². The number of carbonyl (C=O) groups excluding carboxylic acids is 2. The highest BCUT2D eigenvalue weighted by Gasteiger charge is 2.86. The van der Waals surface area contributed by atoms with Crippen molar-refractivity contribution in [1.82, 2.24) is 0 Å². The van der Waals surface area contributed by atoms with Crippen molar-refractivity contribution in [2.75, 3.05) is 0 Å². The lowest BCUT2D eigenvalue weighted by Gasteiger charge is -2.58. The first kappa shape index (κ1) is 15.6. The van der Waals surface area contributed by atoms with Gasteiger partial charge in [0.1, 0.15) is 10.8 Å². The minimum absolute atomic E-state index is 0.00664. The maximum atomic E-state index is 13.4. The van der Waals surface area contributed by atoms with Crippen LogP contribution in [0.15, 0.2) is 54.6 Å². The molecule has 8 rings (SSSR count). The van der Waals surface area contributed by atoms with E-state index in [0.717, 1.165) is 28.7 Å². The number of nitrogens with zero attached hydrogens (tertiary/aromatic N) is 1. The van der Waals surface area contributed by atoms with Crippen molar-refractivity contribution in [2.24, 2.45) is 22.7 Å². The summed E-state index contributed by atoms with van der Waals surface area (Å²) in [7, 11) is 0. The molecule has 6 heteroatoms. The van der Waals surface area contributed by atoms with Crippen LogP contribution in [0.4, 0.5) is 5.69 Å². The van der Waals surface area contributed by atoms with Gasteiger partial charge in [-0.2, -0.15) is 0 Å². The van der Waals surface area contributed by atoms with Crippen LogP contribution in [0.2, 0.25) is 0 Å². The van der Waals surface area contributed by atoms with Gasteiger partial charge in [0, 0.05) is 24.0 Å². The predicted octanol–water partition coefficient (Wildman–Crippen LogP) is 3.45. The summed E-state index contributed by atoms with van der Waals surface area (Å²) < 4.78 is 5.41. The average Bonchev–Trinajstić information content (AvgIpc) is 3.39. The lowest BCUT2D eigenvalue weighted by atomic mass is 9.38. The third kappa shape index (κ3) is 1.31. The fraction of sp³-hybridized carbons (Fsp3) is 0.304. The van der Waals surface area contributed by atoms with Crippen molar-refractivity contribution in [3.05, 3.63) is 87.0 Å². The normalized spacial score (nSPS) is 39.0. The van der Waals surface area contributed by atoms with Crippen molar-refractivity contribution >= 4 is 17.6 Å². The molecule has 4 bridgehead atoms. The number of fused-ring (bicyclic) bond motifs is 2. The van der Waals surface area contributed by atoms with E-state index >= 15 is 0 Å². The maximum absolute atomic E-state index is 13.4. The number of allylic oxidation sites excluding steroid dienone is 2. The molecule has 6 nitrogen and oxygen atoms in total. The fourth-order valence-corrected chi connectivity index (χ4v) is 7.56. The number of esters is 2. The highest BCUT2D eigenvalue weighted by molar-refractivity contribution is 6.07. The second kappa shape index (κ2) is 4.48. The Balaban J connectivity index is 1.67. The largest absolute Gasteiger partial charge is 0.392 e. The molecule has 0 radical (unpaired) electrons. The van der Waals surface area contributed by atoms with E-state index in [1.165, 1.54) is 6.07 Å². The van der Waals surface area contributed by atoms with Crippen molar-refractivity contribution in [3.63, 3.8) is 0 Å². The molecular weight excluding hydrogens is 370 g/mol. The molecule has 6 aliphatic rings. The molecule has 2 aromatic carbocycles. The molecule has 2 aromatic rings. The molecule has 2 fully saturated rings. The number of non-ortho nitro benzene ring substituents is 1. The Morgan fingerprint density at radius 1 is 0.862 bits per heavy atom. The SMILES string of the molecule is O=C1OC(=O)[C@]23[C@@H]4c5ccccc5[C@@H](c5cc([N+](=O)[O-])ccc54)[C@@]12[C@@H]1C=C[C@H]3C1. The number of cyclic esters (lactones) is 2. The summed E-state index contributed by atoms with van der Waals surface area (Å²) in [6.07, 6.45) is 4.89. The van der Waals surface area contributed by atoms with Crippen molar-refractivity contribution in [2.45, 2.75) is 18.3 Å². The zero-order valence-electron chi connectivity index (χ0n) is 15.2. The standard InChI is InChI=1S/C23H15NO5/c25-20-22-11-5-6-12(9-11)23(22,21(26)29-20)19-15-4-2-1-3-14(15)18(22)16-8-7-13(24(27)28)10-17(16)19/h1-8,10-12,18-19H,9H2/t11-,12+,18+,19-,22-,23-/m0/s1. The Labute approximate surface area is 165 Å². The van der Waals surface area contributed by atoms with Gasteiger partial charge in [-0.15, -0.1) is 0 Å². The van der Waals surface area contributed by atoms with Crippen LogP contribution < -0.4 is 0 Å². The van der Waals surface area contributed by atoms with Crippen LogP contribution in [0.5, 0.6) is 0 Å². The van der Waals surface area contributed by atoms with E-state index in [-0.39, 0.29) is 23.4 Å². The second-order valence-corrected chi connectivity index (χ2v) is 8.81. The summed E-state index contributed by atoms with van der Waals surface area (Å²) in [6, 6.07) is 12.8. The molecule has 142 valence electrons. The van der Waals surface area contributed by atoms with Gasteiger partial charge < -0.3 is 4.74 Å². The quantitative estimate of drug-likeness (QED) is 0.247. The molecule has 1 saturated heterocycles. The highest BCUT2D eigenvalue weighted by Crippen LogP contribution is 2.82. The van der Waals surface area contributed by atoms with Gasteiger partial charge in [0.05, 0.1) is 4.92 Å². The molecule has 5 aliphatic carbocycles. The fourth-order valence-electron chi connectivity index (χ4n) is 7.56. The van der Waals surface area contributed by atoms with Gasteiger partial charge in [0.2, 0.25) is 0 Å². The zero-order chi connectivity index (χ0) is 19.7. The van der Waals surface area contributed by atoms with Crippen molar-refractivity contribution in [1.29, 1.82) is 0 Å². The number of rotatable bonds is 1. The van der Waals surface area contributed by atoms with E-state index in [2.05, 4.69) is 12.2 Å². The van der Waals surface area contributed by atoms with E-state index in [0.29, 0.717) is 0 Å². The lowest BCUT2D eigenvalue weighted by molar-refractivity contribution is -0.385. The van der Waals surface area contributed by atoms with Crippen LogP contribution in [0.3, 0.4) is 0 Å². The van der Waals surface area contributed by atoms with E-state index in [1.807, 2.05) is 24.3 Å². The molecule has 0 amide bonds. The Bertz CT molecular complexity index is 1230. The summed E-state index contributed by atoms with van der Waals surface area (Å²) in [5.41, 5.74) is 1.80. The monoisotopic (exact) mass is 385 g/mol. The van der Waals surface area contributed by atoms with Gasteiger partial charge in [-0.25, -0.2) is 0 Å². The maximum Gasteiger partial charge on any atom is 0.322 e. The smallest absolute Gasteiger partial charge is 0.322 e. The minimum Gasteiger partial charge on any atom is -0.392 e. The van der Waals surface area contributed by atoms with Crippen molar-refractivity contribution in [3.8, 4) is 0 Å². The minimum atomic E-state index is -1.01. The molecular formula is C23H15NO5. The van der Waals surface area contributed by atoms with Gasteiger partial charge in [0.15, 0.2) is 0 Å². The van der Waals surface area contributed by atoms with Gasteiger partial charge in [-0.05, 0) is 40.5 Å². The van der Waals surface area contributed by atoms with Gasteiger partial charge in [-0.1, -0.05) is 42.5 Å². The Morgan fingerprint density at radius 3 is 2.00 bits per heavy atom. The Morgan fingerprint density at radius 2 is 1.41 bits per heavy atom. The number of hydrogen-bond acceptors (Lipinski definition) is 5. The van der Waals surface area contributed by atoms with Crippen LogP contribution in [0, 0.1) is 32.8 Å². The Kier molecular flexibility index (Phi) is 2.41. The second-order valence-electron chi connectivity index (χ2n) is 8.81. The van der Waals surface area contributed by atoms with E-state index in [1.54, 1.807) is 12.1 Å². The number of hydrogen-bond donors (Lipinski definition) is 0. The first-order chi connectivity index (χ1) is 14.0. The van der Waals surface area contributed by atoms with Crippen molar-refractivity contribution < 1.29 is 19.2 Å². The lowest BCUT2D eigenvalue weighted by Crippen LogP contribution is -2.60. The number of nitro benzene ring substituents is 1. The summed E-state index contributed by atoms with van der Waals surface area (Å²) >= 11 is 0. The Hall–Kier alpha value is -3.28. The van der Waals surface area contributed by atoms with E-state index in [4.69, 9.17) is 4.74 Å². The van der Waals surface area contributed by atoms with Crippen LogP contribution in [0.1, 0.15) is 40.5 Å². The molecule has 1 aliphatic heterocycles.